The molecule has 1 atom stereocenters. The van der Waals surface area contributed by atoms with Crippen LogP contribution >= 0.6 is 15.9 Å². The summed E-state index contributed by atoms with van der Waals surface area (Å²) in [5.74, 6) is -1.45. The van der Waals surface area contributed by atoms with E-state index >= 15 is 0 Å². The number of hydrogen-bond acceptors (Lipinski definition) is 2. The molecule has 0 aromatic heterocycles. The maximum absolute atomic E-state index is 13.0. The topological polar surface area (TPSA) is 46.2 Å². The molecule has 1 aromatic carbocycles. The standard InChI is InChI=1S/C9H10BrF2NO/c10-9-6(11)3-5(4-7(9)12)8(14)1-2-13/h3-4,8,14H,1-2,13H2. The Hall–Kier alpha value is -0.520. The molecule has 0 aliphatic carbocycles. The predicted molar refractivity (Wildman–Crippen MR) is 52.7 cm³/mol. The fourth-order valence-corrected chi connectivity index (χ4v) is 1.32. The van der Waals surface area contributed by atoms with Crippen molar-refractivity contribution in [1.29, 1.82) is 0 Å². The van der Waals surface area contributed by atoms with Gasteiger partial charge in [-0.15, -0.1) is 0 Å². The molecule has 1 unspecified atom stereocenters. The van der Waals surface area contributed by atoms with E-state index in [9.17, 15) is 13.9 Å². The van der Waals surface area contributed by atoms with Crippen LogP contribution in [0, 0.1) is 11.6 Å². The van der Waals surface area contributed by atoms with E-state index in [-0.39, 0.29) is 23.0 Å². The summed E-state index contributed by atoms with van der Waals surface area (Å²) in [6, 6.07) is 2.18. The molecular formula is C9H10BrF2NO. The van der Waals surface area contributed by atoms with Gasteiger partial charge >= 0.3 is 0 Å². The molecule has 78 valence electrons. The lowest BCUT2D eigenvalue weighted by atomic mass is 10.1. The van der Waals surface area contributed by atoms with Gasteiger partial charge in [0, 0.05) is 0 Å². The van der Waals surface area contributed by atoms with Gasteiger partial charge in [-0.2, -0.15) is 0 Å². The van der Waals surface area contributed by atoms with Gasteiger partial charge in [0.2, 0.25) is 0 Å². The Morgan fingerprint density at radius 3 is 2.29 bits per heavy atom. The summed E-state index contributed by atoms with van der Waals surface area (Å²) in [5.41, 5.74) is 5.42. The van der Waals surface area contributed by atoms with Gasteiger partial charge in [0.1, 0.15) is 11.6 Å². The SMILES string of the molecule is NCCC(O)c1cc(F)c(Br)c(F)c1. The summed E-state index contributed by atoms with van der Waals surface area (Å²) in [6.45, 7) is 0.264. The second-order valence-corrected chi connectivity index (χ2v) is 3.68. The molecule has 0 radical (unpaired) electrons. The molecule has 14 heavy (non-hydrogen) atoms. The van der Waals surface area contributed by atoms with E-state index in [4.69, 9.17) is 5.73 Å². The Morgan fingerprint density at radius 1 is 1.36 bits per heavy atom. The first-order chi connectivity index (χ1) is 6.56. The van der Waals surface area contributed by atoms with Gasteiger partial charge in [-0.25, -0.2) is 8.78 Å². The molecule has 0 spiro atoms. The Balaban J connectivity index is 3.00. The molecule has 0 fully saturated rings. The minimum absolute atomic E-state index is 0.202. The Bertz CT molecular complexity index is 310. The van der Waals surface area contributed by atoms with Crippen molar-refractivity contribution in [3.63, 3.8) is 0 Å². The van der Waals surface area contributed by atoms with Gasteiger partial charge in [0.25, 0.3) is 0 Å². The van der Waals surface area contributed by atoms with Gasteiger partial charge in [-0.05, 0) is 46.6 Å². The highest BCUT2D eigenvalue weighted by Crippen LogP contribution is 2.25. The fourth-order valence-electron chi connectivity index (χ4n) is 1.09. The summed E-state index contributed by atoms with van der Waals surface area (Å²) < 4.78 is 25.8. The molecule has 1 rings (SSSR count). The van der Waals surface area contributed by atoms with Crippen LogP contribution in [0.2, 0.25) is 0 Å². The first kappa shape index (κ1) is 11.6. The molecule has 1 aromatic rings. The van der Waals surface area contributed by atoms with Crippen molar-refractivity contribution in [2.45, 2.75) is 12.5 Å². The molecule has 0 aliphatic rings. The largest absolute Gasteiger partial charge is 0.388 e. The van der Waals surface area contributed by atoms with Gasteiger partial charge in [-0.1, -0.05) is 0 Å². The minimum Gasteiger partial charge on any atom is -0.388 e. The van der Waals surface area contributed by atoms with Crippen LogP contribution in [0.5, 0.6) is 0 Å². The zero-order valence-electron chi connectivity index (χ0n) is 7.30. The number of benzene rings is 1. The van der Waals surface area contributed by atoms with Crippen LogP contribution in [-0.4, -0.2) is 11.7 Å². The number of nitrogens with two attached hydrogens (primary N) is 1. The van der Waals surface area contributed by atoms with Crippen molar-refractivity contribution in [1.82, 2.24) is 0 Å². The van der Waals surface area contributed by atoms with Crippen molar-refractivity contribution >= 4 is 15.9 Å². The highest BCUT2D eigenvalue weighted by molar-refractivity contribution is 9.10. The van der Waals surface area contributed by atoms with E-state index in [1.165, 1.54) is 0 Å². The first-order valence-corrected chi connectivity index (χ1v) is 4.88. The first-order valence-electron chi connectivity index (χ1n) is 4.09. The summed E-state index contributed by atoms with van der Waals surface area (Å²) in [6.07, 6.45) is -0.641. The smallest absolute Gasteiger partial charge is 0.140 e. The predicted octanol–water partition coefficient (Wildman–Crippen LogP) is 2.11. The van der Waals surface area contributed by atoms with Crippen molar-refractivity contribution in [2.24, 2.45) is 5.73 Å². The van der Waals surface area contributed by atoms with Crippen molar-refractivity contribution in [3.05, 3.63) is 33.8 Å². The number of aliphatic hydroxyl groups excluding tert-OH is 1. The number of hydrogen-bond donors (Lipinski definition) is 2. The van der Waals surface area contributed by atoms with Crippen molar-refractivity contribution in [2.75, 3.05) is 6.54 Å². The van der Waals surface area contributed by atoms with Crippen LogP contribution in [0.3, 0.4) is 0 Å². The fraction of sp³-hybridized carbons (Fsp3) is 0.333. The Morgan fingerprint density at radius 2 is 1.86 bits per heavy atom. The van der Waals surface area contributed by atoms with E-state index in [2.05, 4.69) is 15.9 Å². The zero-order chi connectivity index (χ0) is 10.7. The highest BCUT2D eigenvalue weighted by Gasteiger charge is 2.13. The number of halogens is 3. The third-order valence-corrected chi connectivity index (χ3v) is 2.59. The zero-order valence-corrected chi connectivity index (χ0v) is 8.89. The van der Waals surface area contributed by atoms with Gasteiger partial charge in [0.05, 0.1) is 10.6 Å². The van der Waals surface area contributed by atoms with Gasteiger partial charge < -0.3 is 10.8 Å². The quantitative estimate of drug-likeness (QED) is 0.823. The van der Waals surface area contributed by atoms with Crippen LogP contribution in [0.1, 0.15) is 18.1 Å². The normalized spacial score (nSPS) is 12.9. The third kappa shape index (κ3) is 2.50. The molecule has 0 amide bonds. The molecule has 3 N–H and O–H groups in total. The lowest BCUT2D eigenvalue weighted by Gasteiger charge is -2.10. The van der Waals surface area contributed by atoms with Gasteiger partial charge in [-0.3, -0.25) is 0 Å². The molecule has 5 heteroatoms. The van der Waals surface area contributed by atoms with Crippen molar-refractivity contribution in [3.8, 4) is 0 Å². The summed E-state index contributed by atoms with van der Waals surface area (Å²) in [7, 11) is 0. The van der Waals surface area contributed by atoms with Crippen LogP contribution < -0.4 is 5.73 Å². The molecular weight excluding hydrogens is 256 g/mol. The van der Waals surface area contributed by atoms with E-state index in [0.29, 0.717) is 0 Å². The Labute approximate surface area is 88.9 Å². The molecule has 0 saturated heterocycles. The maximum Gasteiger partial charge on any atom is 0.140 e. The third-order valence-electron chi connectivity index (χ3n) is 1.83. The monoisotopic (exact) mass is 265 g/mol. The van der Waals surface area contributed by atoms with E-state index < -0.39 is 17.7 Å². The van der Waals surface area contributed by atoms with Crippen LogP contribution in [0.25, 0.3) is 0 Å². The maximum atomic E-state index is 13.0. The second kappa shape index (κ2) is 4.82. The van der Waals surface area contributed by atoms with E-state index in [1.807, 2.05) is 0 Å². The Kier molecular flexibility index (Phi) is 3.97. The van der Waals surface area contributed by atoms with Crippen molar-refractivity contribution < 1.29 is 13.9 Å². The average Bonchev–Trinajstić information content (AvgIpc) is 2.13. The van der Waals surface area contributed by atoms with Crippen LogP contribution in [-0.2, 0) is 0 Å². The average molecular weight is 266 g/mol. The molecule has 0 heterocycles. The second-order valence-electron chi connectivity index (χ2n) is 2.89. The number of aliphatic hydroxyl groups is 1. The van der Waals surface area contributed by atoms with Gasteiger partial charge in [0.15, 0.2) is 0 Å². The molecule has 0 aliphatic heterocycles. The molecule has 2 nitrogen and oxygen atoms in total. The highest BCUT2D eigenvalue weighted by atomic mass is 79.9. The lowest BCUT2D eigenvalue weighted by Crippen LogP contribution is -2.07. The van der Waals surface area contributed by atoms with E-state index in [0.717, 1.165) is 12.1 Å². The minimum atomic E-state index is -0.919. The number of rotatable bonds is 3. The molecule has 0 saturated carbocycles. The molecule has 0 bridgehead atoms. The summed E-state index contributed by atoms with van der Waals surface area (Å²) in [5, 5.41) is 9.43. The van der Waals surface area contributed by atoms with E-state index in [1.54, 1.807) is 0 Å². The van der Waals surface area contributed by atoms with Crippen LogP contribution in [0.15, 0.2) is 16.6 Å². The van der Waals surface area contributed by atoms with Crippen LogP contribution in [0.4, 0.5) is 8.78 Å². The summed E-state index contributed by atoms with van der Waals surface area (Å²) in [4.78, 5) is 0. The summed E-state index contributed by atoms with van der Waals surface area (Å²) >= 11 is 2.75. The lowest BCUT2D eigenvalue weighted by molar-refractivity contribution is 0.169.